The Kier molecular flexibility index (Phi) is 13.9. The first-order chi connectivity index (χ1) is 11.3. The second kappa shape index (κ2) is 14.5. The molecule has 0 aromatic carbocycles. The summed E-state index contributed by atoms with van der Waals surface area (Å²) in [4.78, 5) is 19.9. The first-order valence-electron chi connectivity index (χ1n) is 9.43. The smallest absolute Gasteiger partial charge is 0.300 e. The van der Waals surface area contributed by atoms with E-state index in [1.165, 1.54) is 89.9 Å². The molecule has 2 nitrogen and oxygen atoms in total. The van der Waals surface area contributed by atoms with Gasteiger partial charge in [-0.2, -0.15) is 13.2 Å². The van der Waals surface area contributed by atoms with Gasteiger partial charge in [0, 0.05) is 0 Å². The molecule has 0 aromatic rings. The van der Waals surface area contributed by atoms with Gasteiger partial charge in [-0.15, -0.1) is 0 Å². The summed E-state index contributed by atoms with van der Waals surface area (Å²) in [7, 11) is 0. The van der Waals surface area contributed by atoms with Crippen LogP contribution in [0.15, 0.2) is 0 Å². The molecule has 5 heteroatoms. The van der Waals surface area contributed by atoms with Gasteiger partial charge >= 0.3 is 6.18 Å². The van der Waals surface area contributed by atoms with Gasteiger partial charge in [-0.3, -0.25) is 9.59 Å². The van der Waals surface area contributed by atoms with E-state index in [1.807, 2.05) is 0 Å². The van der Waals surface area contributed by atoms with Gasteiger partial charge in [0.25, 0.3) is 0 Å². The molecule has 0 amide bonds. The summed E-state index contributed by atoms with van der Waals surface area (Å²) in [5.41, 5.74) is 0. The molecule has 1 rings (SSSR count). The van der Waals surface area contributed by atoms with Gasteiger partial charge in [-0.1, -0.05) is 89.9 Å². The molecule has 24 heavy (non-hydrogen) atoms. The first-order valence-corrected chi connectivity index (χ1v) is 9.43. The average Bonchev–Trinajstić information content (AvgIpc) is 2.49. The lowest BCUT2D eigenvalue weighted by molar-refractivity contribution is -0.171. The number of Topliss-reactive ketones (excluding diaryl/α,β-unsaturated/α-hetero) is 2. The highest BCUT2D eigenvalue weighted by Gasteiger charge is 2.38. The van der Waals surface area contributed by atoms with Crippen LogP contribution in [0.4, 0.5) is 13.2 Å². The summed E-state index contributed by atoms with van der Waals surface area (Å²) in [6.07, 6.45) is 15.1. The van der Waals surface area contributed by atoms with Crippen LogP contribution in [0.2, 0.25) is 0 Å². The van der Waals surface area contributed by atoms with Gasteiger partial charge in [-0.25, -0.2) is 0 Å². The predicted octanol–water partition coefficient (Wildman–Crippen LogP) is 6.56. The van der Waals surface area contributed by atoms with Crippen molar-refractivity contribution in [1.82, 2.24) is 0 Å². The molecule has 1 aliphatic rings. The van der Waals surface area contributed by atoms with Gasteiger partial charge in [-0.05, 0) is 6.92 Å². The number of carbonyl (C=O) groups excluding carboxylic acids is 2. The lowest BCUT2D eigenvalue weighted by Crippen LogP contribution is -2.24. The summed E-state index contributed by atoms with van der Waals surface area (Å²) in [6.45, 7) is 0.934. The number of carbonyl (C=O) groups is 2. The van der Waals surface area contributed by atoms with Gasteiger partial charge in [0.15, 0.2) is 0 Å². The van der Waals surface area contributed by atoms with Crippen molar-refractivity contribution in [2.75, 3.05) is 0 Å². The van der Waals surface area contributed by atoms with Crippen molar-refractivity contribution in [2.45, 2.75) is 109 Å². The Balaban J connectivity index is 0.000000470. The Morgan fingerprint density at radius 3 is 0.917 bits per heavy atom. The number of ketones is 2. The quantitative estimate of drug-likeness (QED) is 0.529. The average molecular weight is 350 g/mol. The van der Waals surface area contributed by atoms with E-state index in [9.17, 15) is 22.8 Å². The molecular weight excluding hydrogens is 317 g/mol. The summed E-state index contributed by atoms with van der Waals surface area (Å²) in [5.74, 6) is -2.76. The van der Waals surface area contributed by atoms with Crippen LogP contribution < -0.4 is 0 Å². The van der Waals surface area contributed by atoms with Crippen molar-refractivity contribution in [2.24, 2.45) is 0 Å². The number of hydrogen-bond acceptors (Lipinski definition) is 2. The third-order valence-corrected chi connectivity index (χ3v) is 4.23. The van der Waals surface area contributed by atoms with Crippen molar-refractivity contribution in [3.63, 3.8) is 0 Å². The van der Waals surface area contributed by atoms with Gasteiger partial charge < -0.3 is 0 Å². The molecule has 0 saturated heterocycles. The Bertz CT molecular complexity index is 285. The molecule has 0 aromatic heterocycles. The summed E-state index contributed by atoms with van der Waals surface area (Å²) in [5, 5.41) is 0. The molecule has 0 heterocycles. The number of hydrogen-bond donors (Lipinski definition) is 0. The van der Waals surface area contributed by atoms with E-state index in [-0.39, 0.29) is 0 Å². The SMILES string of the molecule is C1CCCCCCCCCCCCC1.CC(=O)CC(=O)C(F)(F)F. The zero-order chi connectivity index (χ0) is 18.3. The van der Waals surface area contributed by atoms with E-state index in [0.29, 0.717) is 0 Å². The second-order valence-corrected chi connectivity index (χ2v) is 6.75. The fourth-order valence-corrected chi connectivity index (χ4v) is 2.80. The van der Waals surface area contributed by atoms with Crippen molar-refractivity contribution < 1.29 is 22.8 Å². The van der Waals surface area contributed by atoms with Crippen LogP contribution in [0, 0.1) is 0 Å². The minimum absolute atomic E-state index is 0.776. The molecule has 0 bridgehead atoms. The lowest BCUT2D eigenvalue weighted by atomic mass is 10.0. The van der Waals surface area contributed by atoms with Crippen LogP contribution in [0.5, 0.6) is 0 Å². The van der Waals surface area contributed by atoms with Crippen molar-refractivity contribution in [3.8, 4) is 0 Å². The Morgan fingerprint density at radius 1 is 0.625 bits per heavy atom. The first kappa shape index (κ1) is 23.1. The van der Waals surface area contributed by atoms with E-state index in [4.69, 9.17) is 0 Å². The van der Waals surface area contributed by atoms with E-state index in [2.05, 4.69) is 0 Å². The highest BCUT2D eigenvalue weighted by molar-refractivity contribution is 6.00. The van der Waals surface area contributed by atoms with Crippen LogP contribution >= 0.6 is 0 Å². The fraction of sp³-hybridized carbons (Fsp3) is 0.895. The number of alkyl halides is 3. The molecule has 0 spiro atoms. The van der Waals surface area contributed by atoms with Gasteiger partial charge in [0.05, 0.1) is 6.42 Å². The maximum Gasteiger partial charge on any atom is 0.450 e. The van der Waals surface area contributed by atoms with Crippen molar-refractivity contribution >= 4 is 11.6 Å². The summed E-state index contributed by atoms with van der Waals surface area (Å²) >= 11 is 0. The molecule has 142 valence electrons. The van der Waals surface area contributed by atoms with Crippen LogP contribution in [0.3, 0.4) is 0 Å². The highest BCUT2D eigenvalue weighted by atomic mass is 19.4. The maximum absolute atomic E-state index is 11.3. The standard InChI is InChI=1S/C14H28.C5H5F3O2/c1-2-4-6-8-10-12-14-13-11-9-7-5-3-1;1-3(9)2-4(10)5(6,7)8/h1-14H2;2H2,1H3. The Hall–Kier alpha value is -0.870. The van der Waals surface area contributed by atoms with Crippen LogP contribution in [0.1, 0.15) is 103 Å². The summed E-state index contributed by atoms with van der Waals surface area (Å²) in [6, 6.07) is 0. The molecule has 0 N–H and O–H groups in total. The molecule has 0 aliphatic heterocycles. The highest BCUT2D eigenvalue weighted by Crippen LogP contribution is 2.17. The number of halogens is 3. The molecule has 0 atom stereocenters. The van der Waals surface area contributed by atoms with E-state index >= 15 is 0 Å². The zero-order valence-electron chi connectivity index (χ0n) is 15.1. The minimum atomic E-state index is -4.87. The third kappa shape index (κ3) is 16.0. The van der Waals surface area contributed by atoms with Gasteiger partial charge in [0.1, 0.15) is 5.78 Å². The monoisotopic (exact) mass is 350 g/mol. The normalized spacial score (nSPS) is 18.7. The van der Waals surface area contributed by atoms with Crippen LogP contribution in [-0.4, -0.2) is 17.7 Å². The molecule has 1 aliphatic carbocycles. The van der Waals surface area contributed by atoms with E-state index in [1.54, 1.807) is 0 Å². The minimum Gasteiger partial charge on any atom is -0.300 e. The maximum atomic E-state index is 11.3. The Morgan fingerprint density at radius 2 is 0.833 bits per heavy atom. The topological polar surface area (TPSA) is 34.1 Å². The molecule has 0 unspecified atom stereocenters. The van der Waals surface area contributed by atoms with Crippen LogP contribution in [0.25, 0.3) is 0 Å². The molecule has 1 saturated carbocycles. The van der Waals surface area contributed by atoms with E-state index < -0.39 is 24.2 Å². The molecule has 0 radical (unpaired) electrons. The number of rotatable bonds is 2. The van der Waals surface area contributed by atoms with Crippen molar-refractivity contribution in [1.29, 1.82) is 0 Å². The molecule has 1 fully saturated rings. The predicted molar refractivity (Wildman–Crippen MR) is 91.0 cm³/mol. The lowest BCUT2D eigenvalue weighted by Gasteiger charge is -2.05. The summed E-state index contributed by atoms with van der Waals surface area (Å²) < 4.78 is 33.9. The van der Waals surface area contributed by atoms with Crippen LogP contribution in [-0.2, 0) is 9.59 Å². The van der Waals surface area contributed by atoms with E-state index in [0.717, 1.165) is 6.92 Å². The third-order valence-electron chi connectivity index (χ3n) is 4.23. The second-order valence-electron chi connectivity index (χ2n) is 6.75. The fourth-order valence-electron chi connectivity index (χ4n) is 2.80. The Labute approximate surface area is 144 Å². The van der Waals surface area contributed by atoms with Crippen molar-refractivity contribution in [3.05, 3.63) is 0 Å². The largest absolute Gasteiger partial charge is 0.450 e. The molecular formula is C19H33F3O2. The van der Waals surface area contributed by atoms with Gasteiger partial charge in [0.2, 0.25) is 5.78 Å². The zero-order valence-corrected chi connectivity index (χ0v) is 15.1.